The molecule has 0 fully saturated rings. The largest absolute Gasteiger partial charge is 0.468 e. The van der Waals surface area contributed by atoms with E-state index < -0.39 is 5.54 Å². The van der Waals surface area contributed by atoms with Crippen molar-refractivity contribution < 1.29 is 13.9 Å². The molecule has 0 aliphatic heterocycles. The number of nitrogens with one attached hydrogen (secondary N) is 1. The summed E-state index contributed by atoms with van der Waals surface area (Å²) in [5.41, 5.74) is -0.674. The lowest BCUT2D eigenvalue weighted by Gasteiger charge is -2.32. The van der Waals surface area contributed by atoms with Gasteiger partial charge in [-0.05, 0) is 40.2 Å². The molecule has 1 rings (SSSR count). The lowest BCUT2D eigenvalue weighted by Crippen LogP contribution is -2.54. The lowest BCUT2D eigenvalue weighted by atomic mass is 9.95. The third-order valence-corrected chi connectivity index (χ3v) is 4.32. The summed E-state index contributed by atoms with van der Waals surface area (Å²) in [5, 5.41) is 3.59. The van der Waals surface area contributed by atoms with Gasteiger partial charge in [0, 0.05) is 16.2 Å². The third-order valence-electron chi connectivity index (χ3n) is 3.08. The Morgan fingerprint density at radius 3 is 2.60 bits per heavy atom. The van der Waals surface area contributed by atoms with Gasteiger partial charge in [-0.3, -0.25) is 10.1 Å². The Kier molecular flexibility index (Phi) is 6.14. The minimum atomic E-state index is -0.674. The Morgan fingerprint density at radius 1 is 1.50 bits per heavy atom. The van der Waals surface area contributed by atoms with Crippen LogP contribution in [0.2, 0.25) is 0 Å². The second-order valence-electron chi connectivity index (χ2n) is 5.60. The summed E-state index contributed by atoms with van der Waals surface area (Å²) in [6.45, 7) is 10.0. The molecule has 0 amide bonds. The molecule has 1 aromatic rings. The second-order valence-corrected chi connectivity index (χ2v) is 7.08. The number of furan rings is 1. The molecule has 0 saturated heterocycles. The van der Waals surface area contributed by atoms with Crippen LogP contribution in [0.4, 0.5) is 0 Å². The van der Waals surface area contributed by atoms with Crippen molar-refractivity contribution in [3.8, 4) is 0 Å². The van der Waals surface area contributed by atoms with Crippen LogP contribution >= 0.6 is 11.8 Å². The molecule has 0 bridgehead atoms. The Morgan fingerprint density at radius 2 is 2.15 bits per heavy atom. The van der Waals surface area contributed by atoms with Crippen molar-refractivity contribution in [1.82, 2.24) is 5.32 Å². The van der Waals surface area contributed by atoms with Gasteiger partial charge in [-0.1, -0.05) is 6.92 Å². The zero-order valence-electron chi connectivity index (χ0n) is 13.1. The molecule has 5 heteroatoms. The maximum atomic E-state index is 12.1. The van der Waals surface area contributed by atoms with Crippen molar-refractivity contribution in [3.63, 3.8) is 0 Å². The highest BCUT2D eigenvalue weighted by molar-refractivity contribution is 8.00. The highest BCUT2D eigenvalue weighted by Crippen LogP contribution is 2.32. The number of aryl methyl sites for hydroxylation is 1. The molecule has 0 aromatic carbocycles. The number of thioether (sulfide) groups is 1. The van der Waals surface area contributed by atoms with Crippen LogP contribution in [0.3, 0.4) is 0 Å². The predicted molar refractivity (Wildman–Crippen MR) is 82.1 cm³/mol. The lowest BCUT2D eigenvalue weighted by molar-refractivity contribution is -0.148. The van der Waals surface area contributed by atoms with Crippen molar-refractivity contribution >= 4 is 17.7 Å². The van der Waals surface area contributed by atoms with E-state index in [4.69, 9.17) is 9.15 Å². The molecule has 0 aliphatic carbocycles. The molecule has 1 aromatic heterocycles. The molecule has 1 heterocycles. The molecule has 114 valence electrons. The predicted octanol–water partition coefficient (Wildman–Crippen LogP) is 3.39. The SMILES string of the molecule is COC(=O)C(C)(CC(C)Sc1ccoc1C)NC(C)C. The van der Waals surface area contributed by atoms with Crippen LogP contribution in [0.15, 0.2) is 21.6 Å². The van der Waals surface area contributed by atoms with Crippen LogP contribution in [0.5, 0.6) is 0 Å². The molecule has 0 radical (unpaired) electrons. The van der Waals surface area contributed by atoms with E-state index in [1.165, 1.54) is 7.11 Å². The molecule has 4 nitrogen and oxygen atoms in total. The van der Waals surface area contributed by atoms with Gasteiger partial charge in [-0.25, -0.2) is 0 Å². The first kappa shape index (κ1) is 17.1. The van der Waals surface area contributed by atoms with Crippen LogP contribution in [0, 0.1) is 6.92 Å². The maximum Gasteiger partial charge on any atom is 0.325 e. The van der Waals surface area contributed by atoms with Crippen LogP contribution < -0.4 is 5.32 Å². The van der Waals surface area contributed by atoms with Gasteiger partial charge in [0.15, 0.2) is 0 Å². The second kappa shape index (κ2) is 7.18. The number of rotatable bonds is 7. The highest BCUT2D eigenvalue weighted by atomic mass is 32.2. The number of carbonyl (C=O) groups excluding carboxylic acids is 1. The van der Waals surface area contributed by atoms with E-state index in [-0.39, 0.29) is 17.3 Å². The van der Waals surface area contributed by atoms with E-state index in [0.29, 0.717) is 6.42 Å². The smallest absolute Gasteiger partial charge is 0.325 e. The monoisotopic (exact) mass is 299 g/mol. The zero-order valence-corrected chi connectivity index (χ0v) is 14.0. The first-order valence-corrected chi connectivity index (χ1v) is 7.73. The summed E-state index contributed by atoms with van der Waals surface area (Å²) in [6.07, 6.45) is 2.38. The van der Waals surface area contributed by atoms with Crippen LogP contribution in [-0.4, -0.2) is 29.9 Å². The number of hydrogen-bond acceptors (Lipinski definition) is 5. The molecule has 0 spiro atoms. The fraction of sp³-hybridized carbons (Fsp3) is 0.667. The first-order valence-electron chi connectivity index (χ1n) is 6.85. The van der Waals surface area contributed by atoms with Crippen LogP contribution in [0.1, 0.15) is 39.9 Å². The number of hydrogen-bond donors (Lipinski definition) is 1. The molecule has 2 atom stereocenters. The zero-order chi connectivity index (χ0) is 15.3. The van der Waals surface area contributed by atoms with Gasteiger partial charge in [-0.2, -0.15) is 0 Å². The molecule has 20 heavy (non-hydrogen) atoms. The summed E-state index contributed by atoms with van der Waals surface area (Å²) in [7, 11) is 1.43. The Bertz CT molecular complexity index is 444. The summed E-state index contributed by atoms with van der Waals surface area (Å²) >= 11 is 1.72. The van der Waals surface area contributed by atoms with Gasteiger partial charge < -0.3 is 9.15 Å². The summed E-state index contributed by atoms with van der Waals surface area (Å²) < 4.78 is 10.2. The van der Waals surface area contributed by atoms with E-state index in [0.717, 1.165) is 10.7 Å². The minimum Gasteiger partial charge on any atom is -0.468 e. The minimum absolute atomic E-state index is 0.215. The molecule has 0 aliphatic rings. The Hall–Kier alpha value is -0.940. The number of carbonyl (C=O) groups is 1. The first-order chi connectivity index (χ1) is 9.28. The average Bonchev–Trinajstić information content (AvgIpc) is 2.72. The van der Waals surface area contributed by atoms with Gasteiger partial charge in [0.05, 0.1) is 13.4 Å². The number of ether oxygens (including phenoxy) is 1. The normalized spacial score (nSPS) is 15.9. The number of esters is 1. The molecular formula is C15H25NO3S. The van der Waals surface area contributed by atoms with E-state index in [9.17, 15) is 4.79 Å². The summed E-state index contributed by atoms with van der Waals surface area (Å²) in [6, 6.07) is 2.17. The fourth-order valence-corrected chi connectivity index (χ4v) is 3.59. The summed E-state index contributed by atoms with van der Waals surface area (Å²) in [5.74, 6) is 0.695. The van der Waals surface area contributed by atoms with Crippen molar-refractivity contribution in [2.45, 2.75) is 62.8 Å². The standard InChI is InChI=1S/C15H25NO3S/c1-10(2)16-15(5,14(17)18-6)9-11(3)20-13-7-8-19-12(13)4/h7-8,10-11,16H,9H2,1-6H3. The van der Waals surface area contributed by atoms with Crippen molar-refractivity contribution in [2.75, 3.05) is 7.11 Å². The summed E-state index contributed by atoms with van der Waals surface area (Å²) in [4.78, 5) is 13.2. The average molecular weight is 299 g/mol. The van der Waals surface area contributed by atoms with Gasteiger partial charge in [-0.15, -0.1) is 11.8 Å². The maximum absolute atomic E-state index is 12.1. The van der Waals surface area contributed by atoms with Crippen LogP contribution in [0.25, 0.3) is 0 Å². The van der Waals surface area contributed by atoms with E-state index in [1.807, 2.05) is 33.8 Å². The highest BCUT2D eigenvalue weighted by Gasteiger charge is 2.36. The molecule has 1 N–H and O–H groups in total. The molecule has 0 saturated carbocycles. The van der Waals surface area contributed by atoms with E-state index >= 15 is 0 Å². The fourth-order valence-electron chi connectivity index (χ4n) is 2.39. The number of methoxy groups -OCH3 is 1. The quantitative estimate of drug-likeness (QED) is 0.618. The van der Waals surface area contributed by atoms with E-state index in [2.05, 4.69) is 12.2 Å². The molecule has 2 unspecified atom stereocenters. The van der Waals surface area contributed by atoms with Crippen molar-refractivity contribution in [1.29, 1.82) is 0 Å². The van der Waals surface area contributed by atoms with Gasteiger partial charge in [0.1, 0.15) is 11.3 Å². The van der Waals surface area contributed by atoms with Crippen LogP contribution in [-0.2, 0) is 9.53 Å². The van der Waals surface area contributed by atoms with E-state index in [1.54, 1.807) is 18.0 Å². The Balaban J connectivity index is 2.74. The third kappa shape index (κ3) is 4.56. The van der Waals surface area contributed by atoms with Crippen molar-refractivity contribution in [2.24, 2.45) is 0 Å². The van der Waals surface area contributed by atoms with Gasteiger partial charge >= 0.3 is 5.97 Å². The molecular weight excluding hydrogens is 274 g/mol. The Labute approximate surface area is 125 Å². The van der Waals surface area contributed by atoms with Crippen molar-refractivity contribution in [3.05, 3.63) is 18.1 Å². The van der Waals surface area contributed by atoms with Gasteiger partial charge in [0.2, 0.25) is 0 Å². The van der Waals surface area contributed by atoms with Gasteiger partial charge in [0.25, 0.3) is 0 Å². The topological polar surface area (TPSA) is 51.5 Å².